The van der Waals surface area contributed by atoms with E-state index in [2.05, 4.69) is 29.9 Å². The van der Waals surface area contributed by atoms with Crippen LogP contribution < -0.4 is 5.32 Å². The average molecular weight is 230 g/mol. The number of amides is 1. The molecule has 0 aliphatic heterocycles. The first-order valence-corrected chi connectivity index (χ1v) is 5.97. The Morgan fingerprint density at radius 1 is 1.79 bits per heavy atom. The molecule has 0 saturated heterocycles. The minimum atomic E-state index is -0.0610. The molecule has 0 bridgehead atoms. The molecule has 78 valence electrons. The van der Waals surface area contributed by atoms with E-state index >= 15 is 0 Å². The van der Waals surface area contributed by atoms with E-state index in [0.29, 0.717) is 0 Å². The van der Waals surface area contributed by atoms with Crippen molar-refractivity contribution in [3.8, 4) is 0 Å². The van der Waals surface area contributed by atoms with Gasteiger partial charge in [-0.2, -0.15) is 12.6 Å². The zero-order valence-corrected chi connectivity index (χ0v) is 9.99. The van der Waals surface area contributed by atoms with Crippen molar-refractivity contribution >= 4 is 29.9 Å². The Hall–Kier alpha value is -0.550. The van der Waals surface area contributed by atoms with E-state index in [0.717, 1.165) is 11.4 Å². The van der Waals surface area contributed by atoms with E-state index in [1.807, 2.05) is 13.1 Å². The van der Waals surface area contributed by atoms with Crippen LogP contribution in [-0.4, -0.2) is 16.6 Å². The zero-order chi connectivity index (χ0) is 10.6. The predicted molar refractivity (Wildman–Crippen MR) is 61.9 cm³/mol. The number of thiazole rings is 1. The van der Waals surface area contributed by atoms with Crippen molar-refractivity contribution in [2.24, 2.45) is 0 Å². The monoisotopic (exact) mass is 230 g/mol. The summed E-state index contributed by atoms with van der Waals surface area (Å²) in [6.45, 7) is 4.02. The molecule has 0 aromatic carbocycles. The van der Waals surface area contributed by atoms with Crippen LogP contribution in [0.5, 0.6) is 0 Å². The van der Waals surface area contributed by atoms with Crippen LogP contribution in [0.1, 0.15) is 29.8 Å². The second kappa shape index (κ2) is 5.36. The van der Waals surface area contributed by atoms with Crippen molar-refractivity contribution in [3.63, 3.8) is 0 Å². The lowest BCUT2D eigenvalue weighted by atomic mass is 10.3. The van der Waals surface area contributed by atoms with E-state index in [1.165, 1.54) is 4.88 Å². The summed E-state index contributed by atoms with van der Waals surface area (Å²) in [5, 5.41) is 3.77. The molecule has 3 nitrogen and oxygen atoms in total. The van der Waals surface area contributed by atoms with Crippen LogP contribution in [0.3, 0.4) is 0 Å². The van der Waals surface area contributed by atoms with Gasteiger partial charge >= 0.3 is 0 Å². The Morgan fingerprint density at radius 3 is 3.00 bits per heavy atom. The smallest absolute Gasteiger partial charge is 0.230 e. The summed E-state index contributed by atoms with van der Waals surface area (Å²) in [5.41, 5.74) is 0. The van der Waals surface area contributed by atoms with Crippen LogP contribution in [-0.2, 0) is 11.2 Å². The number of nitrogens with zero attached hydrogens (tertiary/aromatic N) is 1. The molecule has 0 spiro atoms. The van der Waals surface area contributed by atoms with Gasteiger partial charge in [0.25, 0.3) is 0 Å². The number of thiol groups is 1. The third kappa shape index (κ3) is 2.99. The van der Waals surface area contributed by atoms with Crippen LogP contribution in [0.2, 0.25) is 0 Å². The van der Waals surface area contributed by atoms with Crippen molar-refractivity contribution in [1.29, 1.82) is 0 Å². The molecule has 5 heteroatoms. The highest BCUT2D eigenvalue weighted by Gasteiger charge is 2.11. The Kier molecular flexibility index (Phi) is 4.41. The number of hydrogen-bond donors (Lipinski definition) is 2. The van der Waals surface area contributed by atoms with Gasteiger partial charge in [-0.3, -0.25) is 4.79 Å². The van der Waals surface area contributed by atoms with E-state index in [-0.39, 0.29) is 17.7 Å². The minimum absolute atomic E-state index is 0.0139. The molecular weight excluding hydrogens is 216 g/mol. The van der Waals surface area contributed by atoms with Crippen LogP contribution in [0.4, 0.5) is 0 Å². The van der Waals surface area contributed by atoms with Gasteiger partial charge < -0.3 is 5.32 Å². The van der Waals surface area contributed by atoms with Gasteiger partial charge in [0.2, 0.25) is 5.91 Å². The highest BCUT2D eigenvalue weighted by atomic mass is 32.1. The summed E-state index contributed by atoms with van der Waals surface area (Å²) >= 11 is 5.54. The topological polar surface area (TPSA) is 42.0 Å². The van der Waals surface area contributed by atoms with Gasteiger partial charge in [-0.05, 0) is 13.3 Å². The molecule has 1 atom stereocenters. The van der Waals surface area contributed by atoms with Gasteiger partial charge in [0.05, 0.1) is 11.8 Å². The first-order chi connectivity index (χ1) is 6.67. The first kappa shape index (κ1) is 11.5. The molecule has 1 amide bonds. The van der Waals surface area contributed by atoms with Gasteiger partial charge in [-0.1, -0.05) is 6.92 Å². The number of hydrogen-bond acceptors (Lipinski definition) is 4. The largest absolute Gasteiger partial charge is 0.346 e. The molecule has 0 aliphatic carbocycles. The molecule has 1 aromatic heterocycles. The Labute approximate surface area is 93.3 Å². The second-order valence-electron chi connectivity index (χ2n) is 2.97. The molecule has 0 fully saturated rings. The normalized spacial score (nSPS) is 12.5. The predicted octanol–water partition coefficient (Wildman–Crippen LogP) is 1.81. The molecule has 0 saturated carbocycles. The van der Waals surface area contributed by atoms with Crippen molar-refractivity contribution < 1.29 is 4.79 Å². The van der Waals surface area contributed by atoms with Crippen LogP contribution in [0.15, 0.2) is 6.20 Å². The maximum Gasteiger partial charge on any atom is 0.230 e. The number of carbonyl (C=O) groups excluding carboxylic acids is 1. The van der Waals surface area contributed by atoms with E-state index in [4.69, 9.17) is 0 Å². The minimum Gasteiger partial charge on any atom is -0.346 e. The lowest BCUT2D eigenvalue weighted by Gasteiger charge is -2.09. The number of aryl methyl sites for hydroxylation is 1. The molecule has 0 aliphatic rings. The zero-order valence-electron chi connectivity index (χ0n) is 8.28. The second-order valence-corrected chi connectivity index (χ2v) is 4.43. The molecular formula is C9H14N2OS2. The lowest BCUT2D eigenvalue weighted by Crippen LogP contribution is -2.27. The van der Waals surface area contributed by atoms with Gasteiger partial charge in [-0.15, -0.1) is 11.3 Å². The quantitative estimate of drug-likeness (QED) is 0.775. The maximum absolute atomic E-state index is 11.1. The van der Waals surface area contributed by atoms with Crippen molar-refractivity contribution in [3.05, 3.63) is 16.1 Å². The van der Waals surface area contributed by atoms with Gasteiger partial charge in [0.1, 0.15) is 5.01 Å². The van der Waals surface area contributed by atoms with E-state index in [1.54, 1.807) is 11.3 Å². The van der Waals surface area contributed by atoms with Crippen molar-refractivity contribution in [1.82, 2.24) is 10.3 Å². The summed E-state index contributed by atoms with van der Waals surface area (Å²) in [5.74, 6) is 0.158. The summed E-state index contributed by atoms with van der Waals surface area (Å²) in [6.07, 6.45) is 2.86. The van der Waals surface area contributed by atoms with Crippen LogP contribution >= 0.6 is 24.0 Å². The molecule has 1 heterocycles. The number of aromatic nitrogens is 1. The van der Waals surface area contributed by atoms with Crippen molar-refractivity contribution in [2.75, 3.05) is 5.75 Å². The molecule has 1 N–H and O–H groups in total. The third-order valence-electron chi connectivity index (χ3n) is 1.81. The van der Waals surface area contributed by atoms with Gasteiger partial charge in [0, 0.05) is 11.1 Å². The summed E-state index contributed by atoms with van der Waals surface area (Å²) in [4.78, 5) is 16.6. The standard InChI is InChI=1S/C9H14N2OS2/c1-3-7-4-10-9(14-7)6(2)11-8(12)5-13/h4,6,13H,3,5H2,1-2H3,(H,11,12). The van der Waals surface area contributed by atoms with Gasteiger partial charge in [0.15, 0.2) is 0 Å². The molecule has 14 heavy (non-hydrogen) atoms. The summed E-state index contributed by atoms with van der Waals surface area (Å²) in [7, 11) is 0. The average Bonchev–Trinajstić information content (AvgIpc) is 2.65. The van der Waals surface area contributed by atoms with E-state index in [9.17, 15) is 4.79 Å². The van der Waals surface area contributed by atoms with Crippen LogP contribution in [0, 0.1) is 0 Å². The van der Waals surface area contributed by atoms with Crippen molar-refractivity contribution in [2.45, 2.75) is 26.3 Å². The van der Waals surface area contributed by atoms with Gasteiger partial charge in [-0.25, -0.2) is 4.98 Å². The third-order valence-corrected chi connectivity index (χ3v) is 3.42. The highest BCUT2D eigenvalue weighted by molar-refractivity contribution is 7.81. The summed E-state index contributed by atoms with van der Waals surface area (Å²) in [6, 6.07) is -0.0139. The lowest BCUT2D eigenvalue weighted by molar-refractivity contribution is -0.119. The Morgan fingerprint density at radius 2 is 2.50 bits per heavy atom. The molecule has 1 rings (SSSR count). The highest BCUT2D eigenvalue weighted by Crippen LogP contribution is 2.19. The fraction of sp³-hybridized carbons (Fsp3) is 0.556. The summed E-state index contributed by atoms with van der Waals surface area (Å²) < 4.78 is 0. The maximum atomic E-state index is 11.1. The number of carbonyl (C=O) groups is 1. The molecule has 0 radical (unpaired) electrons. The first-order valence-electron chi connectivity index (χ1n) is 4.52. The fourth-order valence-electron chi connectivity index (χ4n) is 1.04. The fourth-order valence-corrected chi connectivity index (χ4v) is 1.99. The Bertz CT molecular complexity index is 312. The SMILES string of the molecule is CCc1cnc(C(C)NC(=O)CS)s1. The Balaban J connectivity index is 2.60. The molecule has 1 unspecified atom stereocenters. The number of nitrogens with one attached hydrogen (secondary N) is 1. The number of rotatable bonds is 4. The van der Waals surface area contributed by atoms with E-state index < -0.39 is 0 Å². The molecule has 1 aromatic rings. The van der Waals surface area contributed by atoms with Crippen LogP contribution in [0.25, 0.3) is 0 Å².